The van der Waals surface area contributed by atoms with Gasteiger partial charge >= 0.3 is 5.69 Å². The van der Waals surface area contributed by atoms with Gasteiger partial charge in [-0.1, -0.05) is 19.4 Å². The van der Waals surface area contributed by atoms with Crippen LogP contribution in [0.5, 0.6) is 11.5 Å². The highest BCUT2D eigenvalue weighted by Crippen LogP contribution is 2.32. The lowest BCUT2D eigenvalue weighted by Crippen LogP contribution is -2.38. The molecule has 1 aliphatic heterocycles. The van der Waals surface area contributed by atoms with Gasteiger partial charge in [0.25, 0.3) is 11.5 Å². The predicted octanol–water partition coefficient (Wildman–Crippen LogP) is 1.32. The fourth-order valence-electron chi connectivity index (χ4n) is 2.85. The minimum Gasteiger partial charge on any atom is -0.454 e. The number of benzene rings is 1. The van der Waals surface area contributed by atoms with Gasteiger partial charge in [-0.3, -0.25) is 19.1 Å². The summed E-state index contributed by atoms with van der Waals surface area (Å²) in [5.74, 6) is 0.756. The number of hydrogen-bond acceptors (Lipinski definition) is 6. The number of hydrogen-bond donors (Lipinski definition) is 2. The molecule has 28 heavy (non-hydrogen) atoms. The molecule has 0 radical (unpaired) electrons. The van der Waals surface area contributed by atoms with E-state index in [1.165, 1.54) is 17.7 Å². The van der Waals surface area contributed by atoms with Gasteiger partial charge in [-0.2, -0.15) is 0 Å². The molecule has 148 valence electrons. The highest BCUT2D eigenvalue weighted by Gasteiger charge is 2.19. The van der Waals surface area contributed by atoms with Crippen molar-refractivity contribution in [2.45, 2.75) is 26.3 Å². The number of carbonyl (C=O) groups excluding carboxylic acids is 1. The number of nitrogens with one attached hydrogen (secondary N) is 1. The number of nitrogen functional groups attached to an aromatic ring is 1. The summed E-state index contributed by atoms with van der Waals surface area (Å²) in [6.45, 7) is 2.50. The summed E-state index contributed by atoms with van der Waals surface area (Å²) in [7, 11) is 1.43. The van der Waals surface area contributed by atoms with Crippen molar-refractivity contribution in [3.63, 3.8) is 0 Å². The van der Waals surface area contributed by atoms with Crippen molar-refractivity contribution in [2.24, 2.45) is 0 Å². The zero-order valence-electron chi connectivity index (χ0n) is 15.7. The van der Waals surface area contributed by atoms with Gasteiger partial charge in [-0.25, -0.2) is 4.79 Å². The molecule has 2 heterocycles. The number of unbranched alkanes of at least 4 members (excludes halogenated alkanes) is 1. The van der Waals surface area contributed by atoms with Crippen LogP contribution in [0.2, 0.25) is 0 Å². The number of H-pyrrole nitrogens is 1. The maximum absolute atomic E-state index is 12.6. The molecular weight excluding hydrogens is 364 g/mol. The zero-order valence-corrected chi connectivity index (χ0v) is 15.7. The molecule has 9 nitrogen and oxygen atoms in total. The number of nitrogens with zero attached hydrogens (tertiary/aromatic N) is 2. The van der Waals surface area contributed by atoms with E-state index in [0.29, 0.717) is 18.0 Å². The minimum atomic E-state index is -0.706. The molecule has 1 aromatic heterocycles. The van der Waals surface area contributed by atoms with Gasteiger partial charge < -0.3 is 20.1 Å². The van der Waals surface area contributed by atoms with E-state index >= 15 is 0 Å². The summed E-state index contributed by atoms with van der Waals surface area (Å²) in [5.41, 5.74) is 5.41. The summed E-state index contributed by atoms with van der Waals surface area (Å²) in [4.78, 5) is 40.1. The summed E-state index contributed by atoms with van der Waals surface area (Å²) in [5, 5.41) is 0. The predicted molar refractivity (Wildman–Crippen MR) is 106 cm³/mol. The number of ether oxygens (including phenoxy) is 2. The average Bonchev–Trinajstić information content (AvgIpc) is 3.13. The smallest absolute Gasteiger partial charge is 0.330 e. The van der Waals surface area contributed by atoms with Crippen molar-refractivity contribution >= 4 is 23.5 Å². The fourth-order valence-corrected chi connectivity index (χ4v) is 2.85. The third-order valence-corrected chi connectivity index (χ3v) is 4.43. The topological polar surface area (TPSA) is 120 Å². The molecule has 1 aliphatic rings. The number of rotatable bonds is 6. The second-order valence-electron chi connectivity index (χ2n) is 6.34. The SMILES string of the molecule is CCCCn1c(N)c(N(C)C(=O)C=Cc2ccc3c(c2)OCO3)c(=O)[nH]c1=O. The Bertz CT molecular complexity index is 1040. The quantitative estimate of drug-likeness (QED) is 0.723. The molecule has 3 rings (SSSR count). The largest absolute Gasteiger partial charge is 0.454 e. The molecule has 3 N–H and O–H groups in total. The van der Waals surface area contributed by atoms with Gasteiger partial charge in [0.2, 0.25) is 6.79 Å². The molecule has 0 saturated heterocycles. The van der Waals surface area contributed by atoms with Gasteiger partial charge in [0.1, 0.15) is 5.82 Å². The lowest BCUT2D eigenvalue weighted by atomic mass is 10.2. The zero-order chi connectivity index (χ0) is 20.3. The number of anilines is 2. The molecule has 0 atom stereocenters. The van der Waals surface area contributed by atoms with E-state index in [1.807, 2.05) is 6.92 Å². The number of likely N-dealkylation sites (N-methyl/N-ethyl adjacent to an activating group) is 1. The number of aromatic amines is 1. The number of fused-ring (bicyclic) bond motifs is 1. The Kier molecular flexibility index (Phi) is 5.53. The molecule has 0 fully saturated rings. The number of nitrogens with two attached hydrogens (primary N) is 1. The van der Waals surface area contributed by atoms with Crippen LogP contribution in [0.4, 0.5) is 11.5 Å². The van der Waals surface area contributed by atoms with Crippen LogP contribution in [0.3, 0.4) is 0 Å². The van der Waals surface area contributed by atoms with E-state index in [2.05, 4.69) is 4.98 Å². The van der Waals surface area contributed by atoms with Crippen LogP contribution in [0.1, 0.15) is 25.3 Å². The van der Waals surface area contributed by atoms with E-state index < -0.39 is 17.2 Å². The molecule has 0 saturated carbocycles. The lowest BCUT2D eigenvalue weighted by Gasteiger charge is -2.19. The van der Waals surface area contributed by atoms with Gasteiger partial charge in [0.05, 0.1) is 0 Å². The summed E-state index contributed by atoms with van der Waals surface area (Å²) < 4.78 is 11.8. The highest BCUT2D eigenvalue weighted by atomic mass is 16.7. The van der Waals surface area contributed by atoms with Crippen LogP contribution >= 0.6 is 0 Å². The van der Waals surface area contributed by atoms with E-state index in [4.69, 9.17) is 15.2 Å². The first-order valence-electron chi connectivity index (χ1n) is 8.90. The van der Waals surface area contributed by atoms with E-state index in [1.54, 1.807) is 24.3 Å². The van der Waals surface area contributed by atoms with Crippen LogP contribution in [0.25, 0.3) is 6.08 Å². The summed E-state index contributed by atoms with van der Waals surface area (Å²) >= 11 is 0. The third-order valence-electron chi connectivity index (χ3n) is 4.43. The monoisotopic (exact) mass is 386 g/mol. The molecule has 1 aromatic carbocycles. The molecule has 0 aliphatic carbocycles. The molecule has 0 unspecified atom stereocenters. The Morgan fingerprint density at radius 1 is 1.32 bits per heavy atom. The standard InChI is InChI=1S/C19H22N4O5/c1-3-4-9-23-17(20)16(18(25)21-19(23)26)22(2)15(24)8-6-12-5-7-13-14(10-12)28-11-27-13/h5-8,10H,3-4,9,11,20H2,1-2H3,(H,21,25,26). The maximum Gasteiger partial charge on any atom is 0.330 e. The average molecular weight is 386 g/mol. The molecular formula is C19H22N4O5. The van der Waals surface area contributed by atoms with Crippen molar-refractivity contribution in [1.82, 2.24) is 9.55 Å². The van der Waals surface area contributed by atoms with Gasteiger partial charge in [-0.05, 0) is 30.2 Å². The van der Waals surface area contributed by atoms with Crippen molar-refractivity contribution in [3.05, 3.63) is 50.7 Å². The van der Waals surface area contributed by atoms with E-state index in [0.717, 1.165) is 23.3 Å². The van der Waals surface area contributed by atoms with E-state index in [-0.39, 0.29) is 18.3 Å². The highest BCUT2D eigenvalue weighted by molar-refractivity contribution is 6.04. The van der Waals surface area contributed by atoms with Crippen molar-refractivity contribution in [2.75, 3.05) is 24.5 Å². The number of aromatic nitrogens is 2. The molecule has 9 heteroatoms. The Labute approximate surface area is 161 Å². The second kappa shape index (κ2) is 8.03. The Balaban J connectivity index is 1.85. The van der Waals surface area contributed by atoms with Crippen molar-refractivity contribution < 1.29 is 14.3 Å². The lowest BCUT2D eigenvalue weighted by molar-refractivity contribution is -0.113. The van der Waals surface area contributed by atoms with Crippen LogP contribution in [0, 0.1) is 0 Å². The Hall–Kier alpha value is -3.49. The molecule has 0 spiro atoms. The normalized spacial score (nSPS) is 12.5. The molecule has 2 aromatic rings. The first-order valence-corrected chi connectivity index (χ1v) is 8.90. The van der Waals surface area contributed by atoms with Gasteiger partial charge in [-0.15, -0.1) is 0 Å². The minimum absolute atomic E-state index is 0.0328. The first kappa shape index (κ1) is 19.3. The van der Waals surface area contributed by atoms with E-state index in [9.17, 15) is 14.4 Å². The van der Waals surface area contributed by atoms with Gasteiger partial charge in [0.15, 0.2) is 17.2 Å². The van der Waals surface area contributed by atoms with Crippen molar-refractivity contribution in [3.8, 4) is 11.5 Å². The maximum atomic E-state index is 12.6. The molecule has 0 bridgehead atoms. The summed E-state index contributed by atoms with van der Waals surface area (Å²) in [6.07, 6.45) is 4.49. The Morgan fingerprint density at radius 3 is 2.82 bits per heavy atom. The van der Waals surface area contributed by atoms with Crippen LogP contribution in [-0.4, -0.2) is 29.3 Å². The van der Waals surface area contributed by atoms with Crippen molar-refractivity contribution in [1.29, 1.82) is 0 Å². The van der Waals surface area contributed by atoms with Crippen LogP contribution in [-0.2, 0) is 11.3 Å². The van der Waals surface area contributed by atoms with Gasteiger partial charge in [0, 0.05) is 19.7 Å². The third kappa shape index (κ3) is 3.78. The first-order chi connectivity index (χ1) is 13.4. The van der Waals surface area contributed by atoms with Crippen LogP contribution < -0.4 is 31.4 Å². The number of amides is 1. The number of carbonyl (C=O) groups is 1. The summed E-state index contributed by atoms with van der Waals surface area (Å²) in [6, 6.07) is 5.28. The molecule has 1 amide bonds. The van der Waals surface area contributed by atoms with Crippen LogP contribution in [0.15, 0.2) is 33.9 Å². The second-order valence-corrected chi connectivity index (χ2v) is 6.34. The Morgan fingerprint density at radius 2 is 2.07 bits per heavy atom. The fraction of sp³-hybridized carbons (Fsp3) is 0.316.